The zero-order valence-electron chi connectivity index (χ0n) is 36.6. The Morgan fingerprint density at radius 3 is 1.18 bits per heavy atom. The first-order chi connectivity index (χ1) is 27.5. The second-order valence-corrected chi connectivity index (χ2v) is 15.3. The third kappa shape index (κ3) is 42.3. The van der Waals surface area contributed by atoms with E-state index in [1.54, 1.807) is 0 Å². The van der Waals surface area contributed by atoms with E-state index in [-0.39, 0.29) is 31.1 Å². The number of hydrogen-bond donors (Lipinski definition) is 0. The molecule has 1 atom stereocenters. The van der Waals surface area contributed by atoms with Gasteiger partial charge in [-0.3, -0.25) is 14.4 Å². The van der Waals surface area contributed by atoms with Crippen LogP contribution in [0.15, 0.2) is 60.8 Å². The van der Waals surface area contributed by atoms with Crippen molar-refractivity contribution >= 4 is 17.9 Å². The van der Waals surface area contributed by atoms with Gasteiger partial charge in [0.1, 0.15) is 13.2 Å². The van der Waals surface area contributed by atoms with Crippen LogP contribution in [0.3, 0.4) is 0 Å². The summed E-state index contributed by atoms with van der Waals surface area (Å²) in [5.74, 6) is -0.920. The minimum atomic E-state index is -0.784. The molecule has 0 aromatic heterocycles. The van der Waals surface area contributed by atoms with Gasteiger partial charge in [0.25, 0.3) is 0 Å². The largest absolute Gasteiger partial charge is 0.462 e. The normalized spacial score (nSPS) is 12.6. The molecule has 322 valence electrons. The molecule has 0 rings (SSSR count). The molecular weight excluding hydrogens is 697 g/mol. The summed E-state index contributed by atoms with van der Waals surface area (Å²) >= 11 is 0. The van der Waals surface area contributed by atoms with Crippen molar-refractivity contribution in [3.63, 3.8) is 0 Å². The fourth-order valence-corrected chi connectivity index (χ4v) is 6.24. The van der Waals surface area contributed by atoms with Crippen LogP contribution >= 0.6 is 0 Å². The summed E-state index contributed by atoms with van der Waals surface area (Å²) in [6.07, 6.45) is 53.4. The number of unbranched alkanes of at least 4 members (excludes halogenated alkanes) is 22. The van der Waals surface area contributed by atoms with E-state index in [0.29, 0.717) is 19.3 Å². The summed E-state index contributed by atoms with van der Waals surface area (Å²) in [4.78, 5) is 37.8. The van der Waals surface area contributed by atoms with Crippen molar-refractivity contribution in [2.75, 3.05) is 13.2 Å². The van der Waals surface area contributed by atoms with Gasteiger partial charge in [-0.05, 0) is 83.5 Å². The van der Waals surface area contributed by atoms with Gasteiger partial charge >= 0.3 is 17.9 Å². The minimum Gasteiger partial charge on any atom is -0.462 e. The molecule has 0 aromatic rings. The first kappa shape index (κ1) is 53.1. The van der Waals surface area contributed by atoms with Crippen molar-refractivity contribution in [3.05, 3.63) is 60.8 Å². The van der Waals surface area contributed by atoms with E-state index in [1.165, 1.54) is 89.9 Å². The molecule has 0 saturated carbocycles. The van der Waals surface area contributed by atoms with Crippen LogP contribution in [0, 0.1) is 0 Å². The molecule has 0 spiro atoms. The standard InChI is InChI=1S/C50H86O6/c1-4-7-10-13-16-19-22-24-25-26-29-31-34-37-40-43-49(52)55-46-47(45-54-48(51)42-39-36-33-30-27-21-18-15-12-9-6-3)56-50(53)44-41-38-35-32-28-23-20-17-14-11-8-5-2/h7,10,13,15-20,22,47H,4-6,8-9,11-12,14,21,23-46H2,1-3H3/b10-7-,16-13-,18-15-,20-17-,22-19-. The lowest BCUT2D eigenvalue weighted by Gasteiger charge is -2.18. The fraction of sp³-hybridized carbons (Fsp3) is 0.740. The highest BCUT2D eigenvalue weighted by molar-refractivity contribution is 5.71. The Hall–Kier alpha value is -2.89. The van der Waals surface area contributed by atoms with E-state index in [2.05, 4.69) is 81.5 Å². The molecule has 0 saturated heterocycles. The molecule has 1 unspecified atom stereocenters. The molecule has 0 aromatic carbocycles. The zero-order chi connectivity index (χ0) is 40.8. The molecule has 0 aliphatic rings. The lowest BCUT2D eigenvalue weighted by molar-refractivity contribution is -0.167. The first-order valence-electron chi connectivity index (χ1n) is 23.3. The quantitative estimate of drug-likeness (QED) is 0.0202. The second kappa shape index (κ2) is 44.8. The van der Waals surface area contributed by atoms with Gasteiger partial charge in [-0.25, -0.2) is 0 Å². The SMILES string of the molecule is CC\C=C/C=C\C=C/CCCCCCCCCC(=O)OCC(COC(=O)CCCCCCC/C=C\CCCC)OC(=O)CCCCCCC/C=C\CCCCC. The monoisotopic (exact) mass is 783 g/mol. The van der Waals surface area contributed by atoms with Crippen molar-refractivity contribution in [2.24, 2.45) is 0 Å². The summed E-state index contributed by atoms with van der Waals surface area (Å²) in [5, 5.41) is 0. The van der Waals surface area contributed by atoms with Crippen LogP contribution in [0.5, 0.6) is 0 Å². The summed E-state index contributed by atoms with van der Waals surface area (Å²) in [7, 11) is 0. The van der Waals surface area contributed by atoms with Crippen LogP contribution in [-0.4, -0.2) is 37.2 Å². The number of allylic oxidation sites excluding steroid dienone is 10. The maximum Gasteiger partial charge on any atom is 0.306 e. The van der Waals surface area contributed by atoms with Gasteiger partial charge in [-0.2, -0.15) is 0 Å². The third-order valence-corrected chi connectivity index (χ3v) is 9.79. The lowest BCUT2D eigenvalue weighted by atomic mass is 10.1. The molecule has 0 aliphatic heterocycles. The number of carbonyl (C=O) groups excluding carboxylic acids is 3. The Labute approximate surface area is 345 Å². The predicted molar refractivity (Wildman–Crippen MR) is 238 cm³/mol. The van der Waals surface area contributed by atoms with Crippen molar-refractivity contribution in [2.45, 2.75) is 226 Å². The van der Waals surface area contributed by atoms with Crippen LogP contribution in [0.4, 0.5) is 0 Å². The van der Waals surface area contributed by atoms with Crippen molar-refractivity contribution in [1.29, 1.82) is 0 Å². The van der Waals surface area contributed by atoms with Gasteiger partial charge in [0.2, 0.25) is 0 Å². The fourth-order valence-electron chi connectivity index (χ4n) is 6.24. The van der Waals surface area contributed by atoms with Crippen LogP contribution in [0.25, 0.3) is 0 Å². The maximum absolute atomic E-state index is 12.7. The average molecular weight is 783 g/mol. The van der Waals surface area contributed by atoms with Crippen molar-refractivity contribution in [1.82, 2.24) is 0 Å². The second-order valence-electron chi connectivity index (χ2n) is 15.3. The molecule has 0 radical (unpaired) electrons. The summed E-state index contributed by atoms with van der Waals surface area (Å²) in [6, 6.07) is 0. The highest BCUT2D eigenvalue weighted by Gasteiger charge is 2.19. The first-order valence-corrected chi connectivity index (χ1v) is 23.3. The molecule has 0 bridgehead atoms. The Kier molecular flexibility index (Phi) is 42.5. The smallest absolute Gasteiger partial charge is 0.306 e. The van der Waals surface area contributed by atoms with Gasteiger partial charge in [0.05, 0.1) is 0 Å². The van der Waals surface area contributed by atoms with E-state index in [1.807, 2.05) is 0 Å². The predicted octanol–water partition coefficient (Wildman–Crippen LogP) is 14.9. The molecule has 0 aliphatic carbocycles. The number of carbonyl (C=O) groups is 3. The number of hydrogen-bond acceptors (Lipinski definition) is 6. The van der Waals surface area contributed by atoms with Gasteiger partial charge in [0.15, 0.2) is 6.10 Å². The highest BCUT2D eigenvalue weighted by Crippen LogP contribution is 2.13. The van der Waals surface area contributed by atoms with Gasteiger partial charge in [-0.1, -0.05) is 178 Å². The number of esters is 3. The maximum atomic E-state index is 12.7. The van der Waals surface area contributed by atoms with Crippen LogP contribution in [0.2, 0.25) is 0 Å². The lowest BCUT2D eigenvalue weighted by Crippen LogP contribution is -2.30. The minimum absolute atomic E-state index is 0.0863. The molecule has 56 heavy (non-hydrogen) atoms. The van der Waals surface area contributed by atoms with E-state index in [0.717, 1.165) is 89.9 Å². The summed E-state index contributed by atoms with van der Waals surface area (Å²) in [6.45, 7) is 6.41. The topological polar surface area (TPSA) is 78.9 Å². The molecule has 0 amide bonds. The Morgan fingerprint density at radius 1 is 0.375 bits per heavy atom. The van der Waals surface area contributed by atoms with Crippen molar-refractivity contribution < 1.29 is 28.6 Å². The number of ether oxygens (including phenoxy) is 3. The molecule has 6 heteroatoms. The number of rotatable bonds is 41. The van der Waals surface area contributed by atoms with Crippen LogP contribution in [0.1, 0.15) is 220 Å². The van der Waals surface area contributed by atoms with E-state index in [9.17, 15) is 14.4 Å². The molecule has 0 N–H and O–H groups in total. The van der Waals surface area contributed by atoms with E-state index >= 15 is 0 Å². The average Bonchev–Trinajstić information content (AvgIpc) is 3.19. The summed E-state index contributed by atoms with van der Waals surface area (Å²) in [5.41, 5.74) is 0. The molecule has 0 heterocycles. The summed E-state index contributed by atoms with van der Waals surface area (Å²) < 4.78 is 16.7. The van der Waals surface area contributed by atoms with E-state index in [4.69, 9.17) is 14.2 Å². The molecule has 6 nitrogen and oxygen atoms in total. The Morgan fingerprint density at radius 2 is 0.732 bits per heavy atom. The van der Waals surface area contributed by atoms with Gasteiger partial charge in [-0.15, -0.1) is 0 Å². The van der Waals surface area contributed by atoms with Crippen LogP contribution in [-0.2, 0) is 28.6 Å². The molecular formula is C50H86O6. The molecule has 0 fully saturated rings. The third-order valence-electron chi connectivity index (χ3n) is 9.79. The van der Waals surface area contributed by atoms with E-state index < -0.39 is 6.10 Å². The van der Waals surface area contributed by atoms with Gasteiger partial charge in [0, 0.05) is 19.3 Å². The van der Waals surface area contributed by atoms with Crippen LogP contribution < -0.4 is 0 Å². The zero-order valence-corrected chi connectivity index (χ0v) is 36.6. The highest BCUT2D eigenvalue weighted by atomic mass is 16.6. The van der Waals surface area contributed by atoms with Crippen molar-refractivity contribution in [3.8, 4) is 0 Å². The Bertz CT molecular complexity index is 1040. The Balaban J connectivity index is 4.41. The van der Waals surface area contributed by atoms with Gasteiger partial charge < -0.3 is 14.2 Å².